The molecule has 0 aromatic carbocycles. The first-order valence-electron chi connectivity index (χ1n) is 7.41. The van der Waals surface area contributed by atoms with Crippen LogP contribution in [-0.4, -0.2) is 35.1 Å². The second-order valence-electron chi connectivity index (χ2n) is 6.82. The minimum atomic E-state index is -0.622. The number of likely N-dealkylation sites (tertiary alicyclic amines) is 1. The van der Waals surface area contributed by atoms with Gasteiger partial charge in [0, 0.05) is 12.6 Å². The highest BCUT2D eigenvalue weighted by Gasteiger charge is 2.42. The monoisotopic (exact) mass is 253 g/mol. The van der Waals surface area contributed by atoms with Crippen molar-refractivity contribution < 1.29 is 9.90 Å². The van der Waals surface area contributed by atoms with Crippen molar-refractivity contribution in [3.63, 3.8) is 0 Å². The van der Waals surface area contributed by atoms with Gasteiger partial charge in [0.2, 0.25) is 0 Å². The largest absolute Gasteiger partial charge is 0.481 e. The molecule has 0 aromatic heterocycles. The number of hydrogen-bond donors (Lipinski definition) is 1. The molecule has 0 bridgehead atoms. The first kappa shape index (κ1) is 13.9. The van der Waals surface area contributed by atoms with Crippen molar-refractivity contribution in [1.82, 2.24) is 4.90 Å². The van der Waals surface area contributed by atoms with Crippen molar-refractivity contribution in [2.45, 2.75) is 58.9 Å². The van der Waals surface area contributed by atoms with Crippen LogP contribution >= 0.6 is 0 Å². The van der Waals surface area contributed by atoms with E-state index in [1.54, 1.807) is 0 Å². The summed E-state index contributed by atoms with van der Waals surface area (Å²) in [5, 5.41) is 9.42. The molecule has 2 fully saturated rings. The lowest BCUT2D eigenvalue weighted by Gasteiger charge is -2.48. The average molecular weight is 253 g/mol. The molecule has 2 rings (SSSR count). The van der Waals surface area contributed by atoms with Crippen molar-refractivity contribution in [3.8, 4) is 0 Å². The molecule has 1 N–H and O–H groups in total. The maximum Gasteiger partial charge on any atom is 0.310 e. The molecule has 3 heteroatoms. The van der Waals surface area contributed by atoms with E-state index < -0.39 is 11.4 Å². The van der Waals surface area contributed by atoms with Gasteiger partial charge in [-0.2, -0.15) is 0 Å². The summed E-state index contributed by atoms with van der Waals surface area (Å²) in [5.41, 5.74) is -0.533. The number of carboxylic acid groups (broad SMARTS) is 1. The Morgan fingerprint density at radius 2 is 1.83 bits per heavy atom. The van der Waals surface area contributed by atoms with Crippen molar-refractivity contribution >= 4 is 5.97 Å². The number of carbonyl (C=O) groups is 1. The van der Waals surface area contributed by atoms with Gasteiger partial charge in [-0.25, -0.2) is 0 Å². The summed E-state index contributed by atoms with van der Waals surface area (Å²) in [6.07, 6.45) is 5.79. The molecule has 3 nitrogen and oxygen atoms in total. The van der Waals surface area contributed by atoms with Gasteiger partial charge < -0.3 is 5.11 Å². The lowest BCUT2D eigenvalue weighted by Crippen LogP contribution is -2.54. The zero-order chi connectivity index (χ0) is 13.3. The predicted octanol–water partition coefficient (Wildman–Crippen LogP) is 3.00. The summed E-state index contributed by atoms with van der Waals surface area (Å²) in [6, 6.07) is 0.595. The van der Waals surface area contributed by atoms with Gasteiger partial charge in [0.05, 0.1) is 5.41 Å². The zero-order valence-electron chi connectivity index (χ0n) is 12.0. The Kier molecular flexibility index (Phi) is 4.00. The van der Waals surface area contributed by atoms with Crippen LogP contribution in [0.25, 0.3) is 0 Å². The van der Waals surface area contributed by atoms with Gasteiger partial charge in [-0.05, 0) is 51.0 Å². The fourth-order valence-electron chi connectivity index (χ4n) is 4.09. The highest BCUT2D eigenvalue weighted by Crippen LogP contribution is 2.38. The van der Waals surface area contributed by atoms with Crippen molar-refractivity contribution in [2.75, 3.05) is 13.1 Å². The van der Waals surface area contributed by atoms with Crippen LogP contribution in [0.15, 0.2) is 0 Å². The third-order valence-electron chi connectivity index (χ3n) is 5.15. The topological polar surface area (TPSA) is 40.5 Å². The molecule has 1 heterocycles. The molecular weight excluding hydrogens is 226 g/mol. The summed E-state index contributed by atoms with van der Waals surface area (Å²) in [7, 11) is 0. The molecule has 18 heavy (non-hydrogen) atoms. The highest BCUT2D eigenvalue weighted by molar-refractivity contribution is 5.74. The van der Waals surface area contributed by atoms with Crippen LogP contribution in [0.5, 0.6) is 0 Å². The molecule has 0 spiro atoms. The maximum absolute atomic E-state index is 11.4. The van der Waals surface area contributed by atoms with Crippen molar-refractivity contribution in [1.29, 1.82) is 0 Å². The number of carboxylic acids is 1. The Morgan fingerprint density at radius 3 is 2.39 bits per heavy atom. The fraction of sp³-hybridized carbons (Fsp3) is 0.933. The quantitative estimate of drug-likeness (QED) is 0.822. The number of rotatable bonds is 2. The highest BCUT2D eigenvalue weighted by atomic mass is 16.4. The average Bonchev–Trinajstić information content (AvgIpc) is 2.28. The number of aliphatic carboxylic acids is 1. The Hall–Kier alpha value is -0.570. The van der Waals surface area contributed by atoms with Gasteiger partial charge in [-0.1, -0.05) is 20.3 Å². The summed E-state index contributed by atoms with van der Waals surface area (Å²) in [5.74, 6) is 0.804. The van der Waals surface area contributed by atoms with E-state index in [1.165, 1.54) is 19.3 Å². The standard InChI is InChI=1S/C15H27NO2/c1-11-6-4-7-12(2)13(11)16-9-5-8-15(3,10-16)14(17)18/h11-13H,4-10H2,1-3H3,(H,17,18). The van der Waals surface area contributed by atoms with Crippen LogP contribution in [0.1, 0.15) is 52.9 Å². The van der Waals surface area contributed by atoms with E-state index in [-0.39, 0.29) is 0 Å². The van der Waals surface area contributed by atoms with E-state index in [9.17, 15) is 9.90 Å². The molecule has 1 saturated heterocycles. The molecule has 1 saturated carbocycles. The second kappa shape index (κ2) is 5.20. The first-order valence-corrected chi connectivity index (χ1v) is 7.41. The normalized spacial score (nSPS) is 42.7. The van der Waals surface area contributed by atoms with Gasteiger partial charge in [0.15, 0.2) is 0 Å². The molecule has 3 atom stereocenters. The van der Waals surface area contributed by atoms with E-state index in [4.69, 9.17) is 0 Å². The van der Waals surface area contributed by atoms with E-state index in [2.05, 4.69) is 18.7 Å². The predicted molar refractivity (Wildman–Crippen MR) is 72.5 cm³/mol. The Labute approximate surface area is 111 Å². The molecule has 3 unspecified atom stereocenters. The second-order valence-corrected chi connectivity index (χ2v) is 6.82. The van der Waals surface area contributed by atoms with Crippen molar-refractivity contribution in [2.24, 2.45) is 17.3 Å². The molecule has 0 aromatic rings. The first-order chi connectivity index (χ1) is 8.44. The Balaban J connectivity index is 2.10. The summed E-state index contributed by atoms with van der Waals surface area (Å²) in [6.45, 7) is 8.42. The molecule has 0 radical (unpaired) electrons. The van der Waals surface area contributed by atoms with Gasteiger partial charge in [-0.15, -0.1) is 0 Å². The molecule has 1 aliphatic heterocycles. The summed E-state index contributed by atoms with van der Waals surface area (Å²) >= 11 is 0. The SMILES string of the molecule is CC1CCCC(C)C1N1CCCC(C)(C(=O)O)C1. The third kappa shape index (κ3) is 2.56. The van der Waals surface area contributed by atoms with Crippen LogP contribution in [0.2, 0.25) is 0 Å². The van der Waals surface area contributed by atoms with Crippen LogP contribution in [0, 0.1) is 17.3 Å². The summed E-state index contributed by atoms with van der Waals surface area (Å²) in [4.78, 5) is 13.9. The van der Waals surface area contributed by atoms with Gasteiger partial charge >= 0.3 is 5.97 Å². The van der Waals surface area contributed by atoms with Gasteiger partial charge in [0.25, 0.3) is 0 Å². The van der Waals surface area contributed by atoms with E-state index in [1.807, 2.05) is 6.92 Å². The number of piperidine rings is 1. The minimum absolute atomic E-state index is 0.533. The molecule has 104 valence electrons. The molecule has 0 amide bonds. The van der Waals surface area contributed by atoms with E-state index in [0.717, 1.165) is 25.9 Å². The smallest absolute Gasteiger partial charge is 0.310 e. The van der Waals surface area contributed by atoms with Gasteiger partial charge in [0.1, 0.15) is 0 Å². The molecule has 1 aliphatic carbocycles. The van der Waals surface area contributed by atoms with Crippen LogP contribution < -0.4 is 0 Å². The number of hydrogen-bond acceptors (Lipinski definition) is 2. The lowest BCUT2D eigenvalue weighted by atomic mass is 9.74. The Bertz CT molecular complexity index is 308. The molecular formula is C15H27NO2. The van der Waals surface area contributed by atoms with Crippen LogP contribution in [0.3, 0.4) is 0 Å². The van der Waals surface area contributed by atoms with Crippen LogP contribution in [-0.2, 0) is 4.79 Å². The summed E-state index contributed by atoms with van der Waals surface area (Å²) < 4.78 is 0. The maximum atomic E-state index is 11.4. The minimum Gasteiger partial charge on any atom is -0.481 e. The number of nitrogens with zero attached hydrogens (tertiary/aromatic N) is 1. The van der Waals surface area contributed by atoms with Crippen LogP contribution in [0.4, 0.5) is 0 Å². The third-order valence-corrected chi connectivity index (χ3v) is 5.15. The van der Waals surface area contributed by atoms with E-state index >= 15 is 0 Å². The molecule has 2 aliphatic rings. The van der Waals surface area contributed by atoms with E-state index in [0.29, 0.717) is 17.9 Å². The fourth-order valence-corrected chi connectivity index (χ4v) is 4.09. The van der Waals surface area contributed by atoms with Crippen molar-refractivity contribution in [3.05, 3.63) is 0 Å². The van der Waals surface area contributed by atoms with Gasteiger partial charge in [-0.3, -0.25) is 9.69 Å². The zero-order valence-corrected chi connectivity index (χ0v) is 12.0. The lowest BCUT2D eigenvalue weighted by molar-refractivity contribution is -0.152. The Morgan fingerprint density at radius 1 is 1.22 bits per heavy atom.